The number of carbonyl (C=O) groups excluding carboxylic acids is 1. The van der Waals surface area contributed by atoms with Gasteiger partial charge in [0.05, 0.1) is 28.3 Å². The molecule has 1 atom stereocenters. The van der Waals surface area contributed by atoms with Crippen molar-refractivity contribution in [3.63, 3.8) is 0 Å². The molecule has 0 bridgehead atoms. The van der Waals surface area contributed by atoms with Crippen molar-refractivity contribution in [1.82, 2.24) is 4.72 Å². The first-order chi connectivity index (χ1) is 18.9. The van der Waals surface area contributed by atoms with Crippen LogP contribution >= 0.6 is 0 Å². The number of aliphatic hydroxyl groups is 1. The van der Waals surface area contributed by atoms with Crippen LogP contribution in [0.3, 0.4) is 0 Å². The lowest BCUT2D eigenvalue weighted by Gasteiger charge is -2.32. The Hall–Kier alpha value is -3.02. The quantitative estimate of drug-likeness (QED) is 0.432. The predicted octanol–water partition coefficient (Wildman–Crippen LogP) is 3.85. The van der Waals surface area contributed by atoms with Gasteiger partial charge < -0.3 is 19.3 Å². The molecule has 3 aromatic carbocycles. The van der Waals surface area contributed by atoms with Crippen molar-refractivity contribution in [3.8, 4) is 0 Å². The molecule has 2 aliphatic rings. The summed E-state index contributed by atoms with van der Waals surface area (Å²) in [6, 6.07) is 20.6. The van der Waals surface area contributed by atoms with E-state index in [0.717, 1.165) is 11.0 Å². The Kier molecular flexibility index (Phi) is 7.03. The summed E-state index contributed by atoms with van der Waals surface area (Å²) in [6.45, 7) is 13.6. The maximum absolute atomic E-state index is 13.9. The SMILES string of the molecule is CC(C)(C)NS(=O)(=O)c1ccc(C2(O)C(=O)N(Cc3ccc(B4OC(C)(C)C(C)(C)O4)cc3)c3ccccc32)cc1. The number of sulfonamides is 1. The van der Waals surface area contributed by atoms with E-state index in [9.17, 15) is 18.3 Å². The summed E-state index contributed by atoms with van der Waals surface area (Å²) in [5.74, 6) is -0.503. The fourth-order valence-corrected chi connectivity index (χ4v) is 6.57. The third-order valence-corrected chi connectivity index (χ3v) is 9.78. The number of nitrogens with zero attached hydrogens (tertiary/aromatic N) is 1. The van der Waals surface area contributed by atoms with Gasteiger partial charge in [-0.1, -0.05) is 54.6 Å². The summed E-state index contributed by atoms with van der Waals surface area (Å²) in [6.07, 6.45) is 0. The maximum atomic E-state index is 13.9. The van der Waals surface area contributed by atoms with Gasteiger partial charge in [-0.15, -0.1) is 0 Å². The Bertz CT molecular complexity index is 1560. The molecule has 0 radical (unpaired) electrons. The van der Waals surface area contributed by atoms with Gasteiger partial charge in [-0.3, -0.25) is 4.79 Å². The van der Waals surface area contributed by atoms with E-state index in [1.165, 1.54) is 24.3 Å². The van der Waals surface area contributed by atoms with Gasteiger partial charge in [0, 0.05) is 11.1 Å². The molecule has 5 rings (SSSR count). The molecule has 8 nitrogen and oxygen atoms in total. The minimum Gasteiger partial charge on any atom is -0.399 e. The van der Waals surface area contributed by atoms with Gasteiger partial charge in [0.25, 0.3) is 5.91 Å². The summed E-state index contributed by atoms with van der Waals surface area (Å²) in [7, 11) is -4.26. The lowest BCUT2D eigenvalue weighted by Crippen LogP contribution is -2.41. The highest BCUT2D eigenvalue weighted by atomic mass is 32.2. The average molecular weight is 577 g/mol. The number of carbonyl (C=O) groups is 1. The monoisotopic (exact) mass is 576 g/mol. The maximum Gasteiger partial charge on any atom is 0.494 e. The van der Waals surface area contributed by atoms with Crippen LogP contribution in [0.5, 0.6) is 0 Å². The Morgan fingerprint density at radius 3 is 2.00 bits per heavy atom. The van der Waals surface area contributed by atoms with Crippen molar-refractivity contribution >= 4 is 34.2 Å². The number of amides is 1. The third kappa shape index (κ3) is 5.24. The highest BCUT2D eigenvalue weighted by molar-refractivity contribution is 7.89. The summed E-state index contributed by atoms with van der Waals surface area (Å²) >= 11 is 0. The average Bonchev–Trinajstić information content (AvgIpc) is 3.24. The van der Waals surface area contributed by atoms with Crippen molar-refractivity contribution in [2.45, 2.75) is 82.2 Å². The number of fused-ring (bicyclic) bond motifs is 1. The number of hydrogen-bond donors (Lipinski definition) is 2. The second-order valence-electron chi connectivity index (χ2n) is 12.8. The molecule has 2 N–H and O–H groups in total. The third-order valence-electron chi connectivity index (χ3n) is 8.01. The van der Waals surface area contributed by atoms with Gasteiger partial charge in [-0.2, -0.15) is 0 Å². The van der Waals surface area contributed by atoms with Crippen LogP contribution in [0.15, 0.2) is 77.7 Å². The molecule has 10 heteroatoms. The Morgan fingerprint density at radius 2 is 1.44 bits per heavy atom. The van der Waals surface area contributed by atoms with Crippen LogP contribution in [0.25, 0.3) is 0 Å². The Morgan fingerprint density at radius 1 is 0.878 bits per heavy atom. The van der Waals surface area contributed by atoms with Crippen LogP contribution in [0.1, 0.15) is 65.2 Å². The molecule has 2 heterocycles. The smallest absolute Gasteiger partial charge is 0.399 e. The summed E-state index contributed by atoms with van der Waals surface area (Å²) in [5, 5.41) is 11.9. The number of rotatable bonds is 6. The zero-order valence-corrected chi connectivity index (χ0v) is 25.4. The van der Waals surface area contributed by atoms with E-state index >= 15 is 0 Å². The van der Waals surface area contributed by atoms with E-state index in [0.29, 0.717) is 16.8 Å². The van der Waals surface area contributed by atoms with E-state index in [1.807, 2.05) is 58.0 Å². The second kappa shape index (κ2) is 9.78. The lowest BCUT2D eigenvalue weighted by atomic mass is 9.79. The number of para-hydroxylation sites is 1. The summed E-state index contributed by atoms with van der Waals surface area (Å²) in [4.78, 5) is 15.5. The molecule has 0 spiro atoms. The van der Waals surface area contributed by atoms with Crippen molar-refractivity contribution in [1.29, 1.82) is 0 Å². The zero-order valence-electron chi connectivity index (χ0n) is 24.6. The molecule has 1 amide bonds. The van der Waals surface area contributed by atoms with Crippen LogP contribution in [-0.2, 0) is 36.3 Å². The van der Waals surface area contributed by atoms with Crippen molar-refractivity contribution < 1.29 is 27.6 Å². The van der Waals surface area contributed by atoms with Crippen LogP contribution < -0.4 is 15.1 Å². The topological polar surface area (TPSA) is 105 Å². The summed E-state index contributed by atoms with van der Waals surface area (Å²) in [5.41, 5.74) is -0.416. The van der Waals surface area contributed by atoms with E-state index in [1.54, 1.807) is 43.9 Å². The highest BCUT2D eigenvalue weighted by Crippen LogP contribution is 2.45. The molecule has 2 aliphatic heterocycles. The van der Waals surface area contributed by atoms with Gasteiger partial charge in [-0.05, 0) is 83.3 Å². The van der Waals surface area contributed by atoms with E-state index in [-0.39, 0.29) is 11.4 Å². The molecular weight excluding hydrogens is 539 g/mol. The van der Waals surface area contributed by atoms with Gasteiger partial charge in [0.15, 0.2) is 5.60 Å². The second-order valence-corrected chi connectivity index (χ2v) is 14.5. The highest BCUT2D eigenvalue weighted by Gasteiger charge is 2.52. The van der Waals surface area contributed by atoms with Gasteiger partial charge in [0.1, 0.15) is 0 Å². The molecular formula is C31H37BN2O6S. The Balaban J connectivity index is 1.41. The number of benzene rings is 3. The van der Waals surface area contributed by atoms with Gasteiger partial charge in [-0.25, -0.2) is 13.1 Å². The largest absolute Gasteiger partial charge is 0.494 e. The fourth-order valence-electron chi connectivity index (χ4n) is 5.15. The van der Waals surface area contributed by atoms with Crippen LogP contribution in [-0.4, -0.2) is 43.3 Å². The molecule has 1 saturated heterocycles. The fraction of sp³-hybridized carbons (Fsp3) is 0.387. The zero-order chi connectivity index (χ0) is 30.0. The first-order valence-electron chi connectivity index (χ1n) is 13.7. The van der Waals surface area contributed by atoms with Gasteiger partial charge >= 0.3 is 7.12 Å². The predicted molar refractivity (Wildman–Crippen MR) is 159 cm³/mol. The molecule has 1 fully saturated rings. The van der Waals surface area contributed by atoms with Crippen molar-refractivity contribution in [3.05, 3.63) is 89.5 Å². The standard InChI is InChI=1S/C31H37BN2O6S/c1-28(2,3)33-41(37,38)24-18-14-22(15-19-24)31(36)25-10-8-9-11-26(25)34(27(31)35)20-21-12-16-23(17-13-21)32-39-29(4,5)30(6,7)40-32/h8-19,33,36H,20H2,1-7H3. The molecule has 0 aliphatic carbocycles. The number of anilines is 1. The first-order valence-corrected chi connectivity index (χ1v) is 15.2. The minimum absolute atomic E-state index is 0.0532. The van der Waals surface area contributed by atoms with Crippen LogP contribution in [0.2, 0.25) is 0 Å². The van der Waals surface area contributed by atoms with Crippen LogP contribution in [0.4, 0.5) is 5.69 Å². The van der Waals surface area contributed by atoms with Gasteiger partial charge in [0.2, 0.25) is 10.0 Å². The molecule has 41 heavy (non-hydrogen) atoms. The van der Waals surface area contributed by atoms with E-state index in [2.05, 4.69) is 4.72 Å². The normalized spacial score (nSPS) is 21.8. The lowest BCUT2D eigenvalue weighted by molar-refractivity contribution is -0.132. The van der Waals surface area contributed by atoms with Crippen molar-refractivity contribution in [2.24, 2.45) is 0 Å². The summed E-state index contributed by atoms with van der Waals surface area (Å²) < 4.78 is 40.5. The number of hydrogen-bond acceptors (Lipinski definition) is 6. The molecule has 216 valence electrons. The molecule has 1 unspecified atom stereocenters. The minimum atomic E-state index is -3.77. The molecule has 0 aromatic heterocycles. The van der Waals surface area contributed by atoms with Crippen LogP contribution in [0, 0.1) is 0 Å². The molecule has 0 saturated carbocycles. The number of nitrogens with one attached hydrogen (secondary N) is 1. The first kappa shape index (κ1) is 29.5. The Labute approximate surface area is 242 Å². The van der Waals surface area contributed by atoms with E-state index < -0.39 is 45.4 Å². The molecule has 3 aromatic rings. The van der Waals surface area contributed by atoms with Crippen molar-refractivity contribution in [2.75, 3.05) is 4.90 Å². The van der Waals surface area contributed by atoms with E-state index in [4.69, 9.17) is 9.31 Å².